The van der Waals surface area contributed by atoms with E-state index < -0.39 is 0 Å². The summed E-state index contributed by atoms with van der Waals surface area (Å²) >= 11 is 0. The van der Waals surface area contributed by atoms with Crippen LogP contribution in [0.25, 0.3) is 127 Å². The molecular weight excluding hydrogens is 821 g/mol. The fourth-order valence-electron chi connectivity index (χ4n) is 10.5. The van der Waals surface area contributed by atoms with E-state index in [1.807, 2.05) is 0 Å². The molecule has 2 nitrogen and oxygen atoms in total. The third kappa shape index (κ3) is 6.82. The lowest BCUT2D eigenvalue weighted by molar-refractivity contribution is 1.18. The van der Waals surface area contributed by atoms with E-state index >= 15 is 0 Å². The Hall–Kier alpha value is -8.98. The Balaban J connectivity index is 1.11. The van der Waals surface area contributed by atoms with Crippen molar-refractivity contribution in [1.82, 2.24) is 9.55 Å². The highest BCUT2D eigenvalue weighted by Crippen LogP contribution is 2.46. The van der Waals surface area contributed by atoms with Crippen molar-refractivity contribution in [3.63, 3.8) is 0 Å². The van der Waals surface area contributed by atoms with Crippen LogP contribution >= 0.6 is 0 Å². The quantitative estimate of drug-likeness (QED) is 0.157. The Morgan fingerprint density at radius 1 is 0.235 bits per heavy atom. The fraction of sp³-hybridized carbons (Fsp3) is 0. The molecule has 0 saturated heterocycles. The largest absolute Gasteiger partial charge is 0.354 e. The monoisotopic (exact) mass is 864 g/mol. The second-order valence-corrected chi connectivity index (χ2v) is 17.7. The zero-order chi connectivity index (χ0) is 45.0. The van der Waals surface area contributed by atoms with Crippen LogP contribution in [0, 0.1) is 0 Å². The van der Waals surface area contributed by atoms with Gasteiger partial charge in [-0.25, -0.2) is 0 Å². The molecule has 0 unspecified atom stereocenters. The van der Waals surface area contributed by atoms with Gasteiger partial charge in [0.05, 0.1) is 16.6 Å². The summed E-state index contributed by atoms with van der Waals surface area (Å²) in [7, 11) is 0. The molecule has 2 heterocycles. The molecule has 2 heteroatoms. The summed E-state index contributed by atoms with van der Waals surface area (Å²) in [6.45, 7) is 0. The second kappa shape index (κ2) is 16.5. The molecule has 318 valence electrons. The summed E-state index contributed by atoms with van der Waals surface area (Å²) in [5, 5.41) is 4.84. The SMILES string of the molecule is c1ccc(-c2ccc3[nH]c4c(-c5cc(-n6c7ccc(-c8ccccc8)cc7c7cc(-c8ccccc8)ccc76)ccc5-c5ccccc5-c5ccccc5)cc(-c5ccccc5)cc4c3c2)cc1. The first-order valence-electron chi connectivity index (χ1n) is 23.4. The number of hydrogen-bond donors (Lipinski definition) is 1. The Morgan fingerprint density at radius 3 is 1.21 bits per heavy atom. The van der Waals surface area contributed by atoms with Crippen molar-refractivity contribution >= 4 is 43.6 Å². The van der Waals surface area contributed by atoms with Crippen LogP contribution in [0.2, 0.25) is 0 Å². The van der Waals surface area contributed by atoms with Crippen molar-refractivity contribution in [3.05, 3.63) is 261 Å². The van der Waals surface area contributed by atoms with E-state index in [2.05, 4.69) is 270 Å². The summed E-state index contributed by atoms with van der Waals surface area (Å²) in [6.07, 6.45) is 0. The lowest BCUT2D eigenvalue weighted by Crippen LogP contribution is -1.97. The number of fused-ring (bicyclic) bond motifs is 6. The molecule has 0 atom stereocenters. The van der Waals surface area contributed by atoms with Gasteiger partial charge in [0.25, 0.3) is 0 Å². The summed E-state index contributed by atoms with van der Waals surface area (Å²) < 4.78 is 2.47. The Kier molecular flexibility index (Phi) is 9.54. The zero-order valence-corrected chi connectivity index (χ0v) is 37.3. The van der Waals surface area contributed by atoms with Crippen molar-refractivity contribution in [2.75, 3.05) is 0 Å². The molecule has 1 N–H and O–H groups in total. The summed E-state index contributed by atoms with van der Waals surface area (Å²) in [4.78, 5) is 3.98. The maximum absolute atomic E-state index is 3.98. The predicted molar refractivity (Wildman–Crippen MR) is 288 cm³/mol. The lowest BCUT2D eigenvalue weighted by atomic mass is 9.87. The van der Waals surface area contributed by atoms with E-state index in [4.69, 9.17) is 0 Å². The molecule has 0 bridgehead atoms. The normalized spacial score (nSPS) is 11.5. The van der Waals surface area contributed by atoms with Crippen LogP contribution in [0.3, 0.4) is 0 Å². The lowest BCUT2D eigenvalue weighted by Gasteiger charge is -2.19. The Labute approximate surface area is 395 Å². The van der Waals surface area contributed by atoms with E-state index in [0.29, 0.717) is 0 Å². The first-order chi connectivity index (χ1) is 33.7. The van der Waals surface area contributed by atoms with Gasteiger partial charge in [0.15, 0.2) is 0 Å². The minimum atomic E-state index is 1.10. The van der Waals surface area contributed by atoms with Gasteiger partial charge in [0.1, 0.15) is 0 Å². The first kappa shape index (κ1) is 39.4. The minimum absolute atomic E-state index is 1.10. The predicted octanol–water partition coefficient (Wildman–Crippen LogP) is 18.1. The number of hydrogen-bond acceptors (Lipinski definition) is 0. The van der Waals surface area contributed by atoms with Crippen LogP contribution < -0.4 is 0 Å². The van der Waals surface area contributed by atoms with Gasteiger partial charge in [-0.15, -0.1) is 0 Å². The van der Waals surface area contributed by atoms with Gasteiger partial charge in [-0.1, -0.05) is 200 Å². The molecule has 0 aliphatic carbocycles. The van der Waals surface area contributed by atoms with Crippen molar-refractivity contribution < 1.29 is 0 Å². The average Bonchev–Trinajstić information content (AvgIpc) is 3.96. The Bertz CT molecular complexity index is 3880. The van der Waals surface area contributed by atoms with E-state index in [0.717, 1.165) is 38.9 Å². The molecule has 0 spiro atoms. The van der Waals surface area contributed by atoms with Crippen LogP contribution in [0.1, 0.15) is 0 Å². The summed E-state index contributed by atoms with van der Waals surface area (Å²) in [5.41, 5.74) is 22.2. The molecule has 0 fully saturated rings. The fourth-order valence-corrected chi connectivity index (χ4v) is 10.5. The van der Waals surface area contributed by atoms with Crippen molar-refractivity contribution in [2.45, 2.75) is 0 Å². The number of nitrogens with one attached hydrogen (secondary N) is 1. The molecule has 13 aromatic rings. The van der Waals surface area contributed by atoms with Crippen LogP contribution in [-0.4, -0.2) is 9.55 Å². The van der Waals surface area contributed by atoms with E-state index in [1.54, 1.807) is 0 Å². The minimum Gasteiger partial charge on any atom is -0.354 e. The standard InChI is InChI=1S/C66H44N2/c1-6-18-44(19-7-1)49-30-35-63-58(38-49)62-42-52(47-24-12-4-13-25-47)41-61(66(62)67-63)57-43-53(33-34-56(57)55-29-17-16-28-54(55)48-26-14-5-15-27-48)68-64-36-31-50(45-20-8-2-9-21-45)39-59(64)60-40-51(32-37-65(60)68)46-22-10-3-11-23-46/h1-43,67H. The van der Waals surface area contributed by atoms with Gasteiger partial charge >= 0.3 is 0 Å². The van der Waals surface area contributed by atoms with Crippen molar-refractivity contribution in [1.29, 1.82) is 0 Å². The molecular formula is C66H44N2. The number of aromatic amines is 1. The molecule has 0 aliphatic rings. The van der Waals surface area contributed by atoms with Gasteiger partial charge in [-0.05, 0) is 133 Å². The van der Waals surface area contributed by atoms with Gasteiger partial charge in [-0.3, -0.25) is 0 Å². The molecule has 2 aromatic heterocycles. The van der Waals surface area contributed by atoms with Crippen LogP contribution in [0.5, 0.6) is 0 Å². The number of aromatic nitrogens is 2. The van der Waals surface area contributed by atoms with Crippen molar-refractivity contribution in [2.24, 2.45) is 0 Å². The number of rotatable bonds is 8. The highest BCUT2D eigenvalue weighted by atomic mass is 15.0. The molecule has 0 saturated carbocycles. The number of benzene rings is 11. The van der Waals surface area contributed by atoms with Gasteiger partial charge in [0, 0.05) is 38.3 Å². The van der Waals surface area contributed by atoms with Crippen LogP contribution in [0.15, 0.2) is 261 Å². The third-order valence-electron chi connectivity index (χ3n) is 13.8. The molecule has 0 amide bonds. The summed E-state index contributed by atoms with van der Waals surface area (Å²) in [6, 6.07) is 95.3. The van der Waals surface area contributed by atoms with Gasteiger partial charge < -0.3 is 9.55 Å². The van der Waals surface area contributed by atoms with Crippen molar-refractivity contribution in [3.8, 4) is 83.6 Å². The molecule has 0 radical (unpaired) electrons. The number of nitrogens with zero attached hydrogens (tertiary/aromatic N) is 1. The summed E-state index contributed by atoms with van der Waals surface area (Å²) in [5.74, 6) is 0. The second-order valence-electron chi connectivity index (χ2n) is 17.7. The smallest absolute Gasteiger partial charge is 0.0545 e. The topological polar surface area (TPSA) is 20.7 Å². The molecule has 68 heavy (non-hydrogen) atoms. The van der Waals surface area contributed by atoms with Gasteiger partial charge in [0.2, 0.25) is 0 Å². The maximum Gasteiger partial charge on any atom is 0.0545 e. The zero-order valence-electron chi connectivity index (χ0n) is 37.3. The van der Waals surface area contributed by atoms with Crippen LogP contribution in [0.4, 0.5) is 0 Å². The first-order valence-corrected chi connectivity index (χ1v) is 23.4. The Morgan fingerprint density at radius 2 is 0.662 bits per heavy atom. The highest BCUT2D eigenvalue weighted by Gasteiger charge is 2.22. The molecule has 0 aliphatic heterocycles. The van der Waals surface area contributed by atoms with Gasteiger partial charge in [-0.2, -0.15) is 0 Å². The molecule has 11 aromatic carbocycles. The molecule has 13 rings (SSSR count). The maximum atomic E-state index is 3.98. The number of H-pyrrole nitrogens is 1. The third-order valence-corrected chi connectivity index (χ3v) is 13.8. The highest BCUT2D eigenvalue weighted by molar-refractivity contribution is 6.16. The van der Waals surface area contributed by atoms with E-state index in [1.165, 1.54) is 88.3 Å². The average molecular weight is 865 g/mol. The van der Waals surface area contributed by atoms with E-state index in [9.17, 15) is 0 Å². The van der Waals surface area contributed by atoms with E-state index in [-0.39, 0.29) is 0 Å². The van der Waals surface area contributed by atoms with Crippen LogP contribution in [-0.2, 0) is 0 Å².